The average Bonchev–Trinajstić information content (AvgIpc) is 2.16. The van der Waals surface area contributed by atoms with Gasteiger partial charge in [-0.1, -0.05) is 0 Å². The third kappa shape index (κ3) is 1.36. The number of nitrogens with one attached hydrogen (secondary N) is 1. The number of amides is 2. The molecule has 1 aliphatic heterocycles. The molecule has 0 bridgehead atoms. The molecule has 0 radical (unpaired) electrons. The molecular formula is C6H10N4O2. The molecule has 66 valence electrons. The van der Waals surface area contributed by atoms with Crippen LogP contribution >= 0.6 is 0 Å². The van der Waals surface area contributed by atoms with Gasteiger partial charge in [0.15, 0.2) is 0 Å². The van der Waals surface area contributed by atoms with Crippen molar-refractivity contribution in [1.82, 2.24) is 9.80 Å². The van der Waals surface area contributed by atoms with Crippen LogP contribution < -0.4 is 5.73 Å². The van der Waals surface area contributed by atoms with E-state index in [1.165, 1.54) is 4.90 Å². The maximum Gasteiger partial charge on any atom is 0.249 e. The molecule has 1 rings (SSSR count). The summed E-state index contributed by atoms with van der Waals surface area (Å²) in [4.78, 5) is 24.0. The number of rotatable bonds is 2. The van der Waals surface area contributed by atoms with Crippen molar-refractivity contribution in [3.05, 3.63) is 0 Å². The van der Waals surface area contributed by atoms with E-state index in [4.69, 9.17) is 11.1 Å². The SMILES string of the molecule is CN1CC(=O)N(CC(N)=O)C1=N. The zero-order valence-electron chi connectivity index (χ0n) is 6.70. The van der Waals surface area contributed by atoms with Crippen molar-refractivity contribution < 1.29 is 9.59 Å². The normalized spacial score (nSPS) is 17.4. The number of carbonyl (C=O) groups is 2. The number of primary amides is 1. The largest absolute Gasteiger partial charge is 0.368 e. The van der Waals surface area contributed by atoms with Crippen molar-refractivity contribution in [3.8, 4) is 0 Å². The van der Waals surface area contributed by atoms with E-state index < -0.39 is 5.91 Å². The van der Waals surface area contributed by atoms with E-state index in [2.05, 4.69) is 0 Å². The van der Waals surface area contributed by atoms with Crippen LogP contribution in [0, 0.1) is 5.41 Å². The lowest BCUT2D eigenvalue weighted by atomic mass is 10.5. The van der Waals surface area contributed by atoms with Crippen molar-refractivity contribution in [2.45, 2.75) is 0 Å². The molecule has 1 heterocycles. The number of carbonyl (C=O) groups excluding carboxylic acids is 2. The van der Waals surface area contributed by atoms with Gasteiger partial charge in [-0.2, -0.15) is 0 Å². The topological polar surface area (TPSA) is 90.5 Å². The Morgan fingerprint density at radius 3 is 2.67 bits per heavy atom. The van der Waals surface area contributed by atoms with Gasteiger partial charge in [-0.05, 0) is 0 Å². The lowest BCUT2D eigenvalue weighted by Gasteiger charge is -2.14. The molecule has 0 unspecified atom stereocenters. The minimum Gasteiger partial charge on any atom is -0.368 e. The molecule has 0 saturated carbocycles. The molecule has 12 heavy (non-hydrogen) atoms. The summed E-state index contributed by atoms with van der Waals surface area (Å²) in [6.07, 6.45) is 0. The fourth-order valence-electron chi connectivity index (χ4n) is 1.01. The summed E-state index contributed by atoms with van der Waals surface area (Å²) in [5.41, 5.74) is 4.89. The molecule has 2 amide bonds. The first-order chi connectivity index (χ1) is 5.52. The highest BCUT2D eigenvalue weighted by molar-refractivity contribution is 6.05. The smallest absolute Gasteiger partial charge is 0.249 e. The van der Waals surface area contributed by atoms with Crippen molar-refractivity contribution in [2.24, 2.45) is 5.73 Å². The molecule has 0 aliphatic carbocycles. The lowest BCUT2D eigenvalue weighted by Crippen LogP contribution is -2.39. The molecule has 0 aromatic heterocycles. The monoisotopic (exact) mass is 170 g/mol. The van der Waals surface area contributed by atoms with Gasteiger partial charge in [0.2, 0.25) is 17.8 Å². The van der Waals surface area contributed by atoms with Gasteiger partial charge in [0.25, 0.3) is 0 Å². The number of nitrogens with zero attached hydrogens (tertiary/aromatic N) is 2. The molecule has 6 heteroatoms. The molecular weight excluding hydrogens is 160 g/mol. The van der Waals surface area contributed by atoms with E-state index in [1.54, 1.807) is 7.05 Å². The Labute approximate surface area is 69.4 Å². The summed E-state index contributed by atoms with van der Waals surface area (Å²) in [6, 6.07) is 0. The van der Waals surface area contributed by atoms with E-state index in [0.29, 0.717) is 0 Å². The standard InChI is InChI=1S/C6H10N4O2/c1-9-3-5(12)10(6(9)8)2-4(7)11/h8H,2-3H2,1H3,(H2,7,11). The lowest BCUT2D eigenvalue weighted by molar-refractivity contribution is -0.129. The highest BCUT2D eigenvalue weighted by atomic mass is 16.2. The summed E-state index contributed by atoms with van der Waals surface area (Å²) in [5.74, 6) is -0.844. The zero-order chi connectivity index (χ0) is 9.30. The van der Waals surface area contributed by atoms with E-state index in [9.17, 15) is 9.59 Å². The number of likely N-dealkylation sites (N-methyl/N-ethyl adjacent to an activating group) is 1. The van der Waals surface area contributed by atoms with Crippen LogP contribution in [-0.2, 0) is 9.59 Å². The molecule has 0 aromatic rings. The first-order valence-electron chi connectivity index (χ1n) is 3.40. The molecule has 0 spiro atoms. The fraction of sp³-hybridized carbons (Fsp3) is 0.500. The molecule has 6 nitrogen and oxygen atoms in total. The Morgan fingerprint density at radius 2 is 2.33 bits per heavy atom. The van der Waals surface area contributed by atoms with E-state index in [-0.39, 0.29) is 25.0 Å². The van der Waals surface area contributed by atoms with Gasteiger partial charge in [0, 0.05) is 7.05 Å². The summed E-state index contributed by atoms with van der Waals surface area (Å²) in [7, 11) is 1.61. The van der Waals surface area contributed by atoms with E-state index in [1.807, 2.05) is 0 Å². The van der Waals surface area contributed by atoms with Gasteiger partial charge in [0.1, 0.15) is 6.54 Å². The van der Waals surface area contributed by atoms with Gasteiger partial charge < -0.3 is 10.6 Å². The van der Waals surface area contributed by atoms with Crippen LogP contribution in [0.1, 0.15) is 0 Å². The Kier molecular flexibility index (Phi) is 1.99. The Balaban J connectivity index is 2.70. The summed E-state index contributed by atoms with van der Waals surface area (Å²) >= 11 is 0. The maximum absolute atomic E-state index is 11.1. The predicted molar refractivity (Wildman–Crippen MR) is 41.3 cm³/mol. The Bertz CT molecular complexity index is 250. The van der Waals surface area contributed by atoms with Crippen LogP contribution in [0.4, 0.5) is 0 Å². The van der Waals surface area contributed by atoms with Gasteiger partial charge >= 0.3 is 0 Å². The Hall–Kier alpha value is -1.59. The third-order valence-corrected chi connectivity index (χ3v) is 1.60. The van der Waals surface area contributed by atoms with E-state index in [0.717, 1.165) is 4.90 Å². The zero-order valence-corrected chi connectivity index (χ0v) is 6.70. The summed E-state index contributed by atoms with van der Waals surface area (Å²) in [6.45, 7) is -0.0614. The van der Waals surface area contributed by atoms with Crippen LogP contribution in [0.15, 0.2) is 0 Å². The first kappa shape index (κ1) is 8.51. The minimum atomic E-state index is -0.608. The number of hydrogen-bond acceptors (Lipinski definition) is 3. The predicted octanol–water partition coefficient (Wildman–Crippen LogP) is -1.82. The van der Waals surface area contributed by atoms with Gasteiger partial charge in [-0.3, -0.25) is 19.9 Å². The second-order valence-corrected chi connectivity index (χ2v) is 2.63. The Morgan fingerprint density at radius 1 is 1.75 bits per heavy atom. The van der Waals surface area contributed by atoms with Crippen molar-refractivity contribution in [2.75, 3.05) is 20.1 Å². The van der Waals surface area contributed by atoms with Crippen molar-refractivity contribution in [3.63, 3.8) is 0 Å². The number of guanidine groups is 1. The number of nitrogens with two attached hydrogens (primary N) is 1. The second kappa shape index (κ2) is 2.80. The molecule has 3 N–H and O–H groups in total. The highest BCUT2D eigenvalue weighted by Gasteiger charge is 2.30. The summed E-state index contributed by atoms with van der Waals surface area (Å²) < 4.78 is 0. The van der Waals surface area contributed by atoms with E-state index >= 15 is 0 Å². The van der Waals surface area contributed by atoms with Crippen LogP contribution in [-0.4, -0.2) is 47.7 Å². The van der Waals surface area contributed by atoms with Gasteiger partial charge in [-0.25, -0.2) is 0 Å². The van der Waals surface area contributed by atoms with Gasteiger partial charge in [0.05, 0.1) is 6.54 Å². The minimum absolute atomic E-state index is 0.0267. The second-order valence-electron chi connectivity index (χ2n) is 2.63. The molecule has 1 saturated heterocycles. The van der Waals surface area contributed by atoms with Crippen molar-refractivity contribution >= 4 is 17.8 Å². The first-order valence-corrected chi connectivity index (χ1v) is 3.40. The third-order valence-electron chi connectivity index (χ3n) is 1.60. The molecule has 1 aliphatic rings. The van der Waals surface area contributed by atoms with Crippen LogP contribution in [0.3, 0.4) is 0 Å². The van der Waals surface area contributed by atoms with Crippen LogP contribution in [0.2, 0.25) is 0 Å². The van der Waals surface area contributed by atoms with Crippen LogP contribution in [0.5, 0.6) is 0 Å². The van der Waals surface area contributed by atoms with Crippen molar-refractivity contribution in [1.29, 1.82) is 5.41 Å². The highest BCUT2D eigenvalue weighted by Crippen LogP contribution is 2.04. The van der Waals surface area contributed by atoms with Gasteiger partial charge in [-0.15, -0.1) is 0 Å². The quantitative estimate of drug-likeness (QED) is 0.511. The maximum atomic E-state index is 11.1. The molecule has 0 aromatic carbocycles. The molecule has 1 fully saturated rings. The molecule has 0 atom stereocenters. The number of hydrogen-bond donors (Lipinski definition) is 2. The van der Waals surface area contributed by atoms with Crippen LogP contribution in [0.25, 0.3) is 0 Å². The average molecular weight is 170 g/mol. The summed E-state index contributed by atoms with van der Waals surface area (Å²) in [5, 5.41) is 7.36. The fourth-order valence-corrected chi connectivity index (χ4v) is 1.01.